The van der Waals surface area contributed by atoms with Gasteiger partial charge in [-0.25, -0.2) is 13.6 Å². The van der Waals surface area contributed by atoms with E-state index in [0.29, 0.717) is 16.9 Å². The molecule has 1 amide bonds. The Kier molecular flexibility index (Phi) is 3.74. The van der Waals surface area contributed by atoms with Gasteiger partial charge >= 0.3 is 0 Å². The van der Waals surface area contributed by atoms with Crippen LogP contribution >= 0.6 is 15.9 Å². The van der Waals surface area contributed by atoms with Crippen LogP contribution in [0.3, 0.4) is 0 Å². The van der Waals surface area contributed by atoms with E-state index in [-0.39, 0.29) is 16.4 Å². The van der Waals surface area contributed by atoms with Gasteiger partial charge in [-0.2, -0.15) is 0 Å². The second kappa shape index (κ2) is 4.99. The topological polar surface area (TPSA) is 89.3 Å². The SMILES string of the molecule is NS(=O)(=O)c1ccc(Br)c(C(=O)NCC2CC2)c1. The molecule has 0 atom stereocenters. The Bertz CT molecular complexity index is 582. The van der Waals surface area contributed by atoms with Crippen LogP contribution in [0, 0.1) is 5.92 Å². The van der Waals surface area contributed by atoms with Gasteiger partial charge in [-0.3, -0.25) is 4.79 Å². The van der Waals surface area contributed by atoms with Crippen LogP contribution in [0.25, 0.3) is 0 Å². The number of benzene rings is 1. The number of hydrogen-bond acceptors (Lipinski definition) is 3. The predicted molar refractivity (Wildman–Crippen MR) is 70.6 cm³/mol. The van der Waals surface area contributed by atoms with Crippen molar-refractivity contribution in [3.8, 4) is 0 Å². The standard InChI is InChI=1S/C11H13BrN2O3S/c12-10-4-3-8(18(13,16)17)5-9(10)11(15)14-6-7-1-2-7/h3-5,7H,1-2,6H2,(H,14,15)(H2,13,16,17). The van der Waals surface area contributed by atoms with Crippen molar-refractivity contribution in [3.63, 3.8) is 0 Å². The maximum absolute atomic E-state index is 11.9. The van der Waals surface area contributed by atoms with Crippen LogP contribution in [0.5, 0.6) is 0 Å². The highest BCUT2D eigenvalue weighted by atomic mass is 79.9. The number of rotatable bonds is 4. The summed E-state index contributed by atoms with van der Waals surface area (Å²) in [4.78, 5) is 11.8. The lowest BCUT2D eigenvalue weighted by molar-refractivity contribution is 0.0951. The summed E-state index contributed by atoms with van der Waals surface area (Å²) in [7, 11) is -3.80. The van der Waals surface area contributed by atoms with E-state index in [2.05, 4.69) is 21.2 Å². The summed E-state index contributed by atoms with van der Waals surface area (Å²) in [5, 5.41) is 7.81. The van der Waals surface area contributed by atoms with E-state index >= 15 is 0 Å². The van der Waals surface area contributed by atoms with Gasteiger partial charge in [0.15, 0.2) is 0 Å². The van der Waals surface area contributed by atoms with Crippen molar-refractivity contribution in [3.05, 3.63) is 28.2 Å². The van der Waals surface area contributed by atoms with Crippen LogP contribution in [0.15, 0.2) is 27.6 Å². The summed E-state index contributed by atoms with van der Waals surface area (Å²) in [5.74, 6) is 0.272. The number of hydrogen-bond donors (Lipinski definition) is 2. The molecule has 0 saturated heterocycles. The van der Waals surface area contributed by atoms with Crippen molar-refractivity contribution in [2.45, 2.75) is 17.7 Å². The van der Waals surface area contributed by atoms with Crippen LogP contribution in [0.1, 0.15) is 23.2 Å². The quantitative estimate of drug-likeness (QED) is 0.869. The number of amides is 1. The minimum atomic E-state index is -3.80. The van der Waals surface area contributed by atoms with Crippen LogP contribution in [0.2, 0.25) is 0 Å². The van der Waals surface area contributed by atoms with E-state index in [0.717, 1.165) is 12.8 Å². The highest BCUT2D eigenvalue weighted by molar-refractivity contribution is 9.10. The van der Waals surface area contributed by atoms with Gasteiger partial charge in [0, 0.05) is 11.0 Å². The molecule has 0 bridgehead atoms. The first-order chi connectivity index (χ1) is 8.38. The predicted octanol–water partition coefficient (Wildman–Crippen LogP) is 1.24. The van der Waals surface area contributed by atoms with Gasteiger partial charge in [-0.05, 0) is 52.9 Å². The van der Waals surface area contributed by atoms with E-state index in [1.165, 1.54) is 18.2 Å². The van der Waals surface area contributed by atoms with Crippen LogP contribution in [-0.4, -0.2) is 20.9 Å². The monoisotopic (exact) mass is 332 g/mol. The molecule has 7 heteroatoms. The molecule has 0 spiro atoms. The first-order valence-corrected chi connectivity index (χ1v) is 7.82. The maximum Gasteiger partial charge on any atom is 0.252 e. The number of halogens is 1. The number of nitrogens with one attached hydrogen (secondary N) is 1. The first-order valence-electron chi connectivity index (χ1n) is 5.48. The van der Waals surface area contributed by atoms with Gasteiger partial charge in [0.05, 0.1) is 10.5 Å². The van der Waals surface area contributed by atoms with E-state index in [9.17, 15) is 13.2 Å². The number of primary sulfonamides is 1. The summed E-state index contributed by atoms with van der Waals surface area (Å²) in [6.07, 6.45) is 2.28. The molecule has 18 heavy (non-hydrogen) atoms. The molecule has 0 radical (unpaired) electrons. The molecule has 1 fully saturated rings. The van der Waals surface area contributed by atoms with Gasteiger partial charge in [-0.15, -0.1) is 0 Å². The summed E-state index contributed by atoms with van der Waals surface area (Å²) in [5.41, 5.74) is 0.280. The summed E-state index contributed by atoms with van der Waals surface area (Å²) >= 11 is 3.22. The molecule has 0 unspecified atom stereocenters. The van der Waals surface area contributed by atoms with Gasteiger partial charge < -0.3 is 5.32 Å². The fourth-order valence-corrected chi connectivity index (χ4v) is 2.48. The number of nitrogens with two attached hydrogens (primary N) is 1. The van der Waals surface area contributed by atoms with Crippen LogP contribution in [-0.2, 0) is 10.0 Å². The van der Waals surface area contributed by atoms with Gasteiger partial charge in [0.25, 0.3) is 5.91 Å². The normalized spacial score (nSPS) is 15.4. The third-order valence-electron chi connectivity index (χ3n) is 2.76. The van der Waals surface area contributed by atoms with Gasteiger partial charge in [-0.1, -0.05) is 0 Å². The highest BCUT2D eigenvalue weighted by Crippen LogP contribution is 2.28. The molecule has 1 aliphatic carbocycles. The average Bonchev–Trinajstić information content (AvgIpc) is 3.08. The van der Waals surface area contributed by atoms with Crippen molar-refractivity contribution >= 4 is 31.9 Å². The zero-order valence-corrected chi connectivity index (χ0v) is 11.9. The Balaban J connectivity index is 2.22. The molecule has 98 valence electrons. The van der Waals surface area contributed by atoms with E-state index in [1.54, 1.807) is 0 Å². The summed E-state index contributed by atoms with van der Waals surface area (Å²) in [6, 6.07) is 4.14. The van der Waals surface area contributed by atoms with Crippen LogP contribution in [0.4, 0.5) is 0 Å². The Morgan fingerprint density at radius 2 is 2.11 bits per heavy atom. The van der Waals surface area contributed by atoms with Crippen molar-refractivity contribution < 1.29 is 13.2 Å². The van der Waals surface area contributed by atoms with E-state index in [4.69, 9.17) is 5.14 Å². The lowest BCUT2D eigenvalue weighted by atomic mass is 10.2. The highest BCUT2D eigenvalue weighted by Gasteiger charge is 2.22. The molecular formula is C11H13BrN2O3S. The fourth-order valence-electron chi connectivity index (χ4n) is 1.51. The third-order valence-corrected chi connectivity index (χ3v) is 4.36. The third kappa shape index (κ3) is 3.30. The van der Waals surface area contributed by atoms with Crippen LogP contribution < -0.4 is 10.5 Å². The van der Waals surface area contributed by atoms with Gasteiger partial charge in [0.1, 0.15) is 0 Å². The minimum absolute atomic E-state index is 0.0673. The lowest BCUT2D eigenvalue weighted by Gasteiger charge is -2.07. The number of sulfonamides is 1. The molecule has 3 N–H and O–H groups in total. The zero-order chi connectivity index (χ0) is 13.3. The Hall–Kier alpha value is -0.920. The Morgan fingerprint density at radius 3 is 2.67 bits per heavy atom. The average molecular weight is 333 g/mol. The Morgan fingerprint density at radius 1 is 1.44 bits per heavy atom. The molecule has 0 heterocycles. The second-order valence-electron chi connectivity index (χ2n) is 4.34. The summed E-state index contributed by atoms with van der Waals surface area (Å²) < 4.78 is 23.0. The van der Waals surface area contributed by atoms with Crippen molar-refractivity contribution in [2.24, 2.45) is 11.1 Å². The molecule has 1 aromatic carbocycles. The molecule has 5 nitrogen and oxygen atoms in total. The Labute approximate surface area is 114 Å². The molecule has 1 saturated carbocycles. The van der Waals surface area contributed by atoms with Crippen molar-refractivity contribution in [1.82, 2.24) is 5.32 Å². The molecule has 1 aromatic rings. The van der Waals surface area contributed by atoms with Crippen molar-refractivity contribution in [2.75, 3.05) is 6.54 Å². The minimum Gasteiger partial charge on any atom is -0.352 e. The van der Waals surface area contributed by atoms with Gasteiger partial charge in [0.2, 0.25) is 10.0 Å². The smallest absolute Gasteiger partial charge is 0.252 e. The fraction of sp³-hybridized carbons (Fsp3) is 0.364. The second-order valence-corrected chi connectivity index (χ2v) is 6.76. The first kappa shape index (κ1) is 13.5. The molecule has 0 aliphatic heterocycles. The zero-order valence-electron chi connectivity index (χ0n) is 9.52. The molecule has 1 aliphatic rings. The lowest BCUT2D eigenvalue weighted by Crippen LogP contribution is -2.26. The van der Waals surface area contributed by atoms with E-state index < -0.39 is 10.0 Å². The number of carbonyl (C=O) groups excluding carboxylic acids is 1. The summed E-state index contributed by atoms with van der Waals surface area (Å²) in [6.45, 7) is 0.630. The number of carbonyl (C=O) groups is 1. The molecule has 0 aromatic heterocycles. The molecule has 2 rings (SSSR count). The van der Waals surface area contributed by atoms with E-state index in [1.807, 2.05) is 0 Å². The largest absolute Gasteiger partial charge is 0.352 e. The van der Waals surface area contributed by atoms with Crippen molar-refractivity contribution in [1.29, 1.82) is 0 Å². The molecular weight excluding hydrogens is 320 g/mol. The maximum atomic E-state index is 11.9.